The number of imidazole rings is 1. The van der Waals surface area contributed by atoms with Gasteiger partial charge in [-0.2, -0.15) is 0 Å². The van der Waals surface area contributed by atoms with Crippen molar-refractivity contribution in [3.05, 3.63) is 82.2 Å². The maximum Gasteiger partial charge on any atom is 0.329 e. The van der Waals surface area contributed by atoms with E-state index < -0.39 is 17.8 Å². The zero-order valence-electron chi connectivity index (χ0n) is 33.2. The van der Waals surface area contributed by atoms with Crippen LogP contribution in [0.25, 0.3) is 33.1 Å². The van der Waals surface area contributed by atoms with Gasteiger partial charge in [-0.3, -0.25) is 33.6 Å². The van der Waals surface area contributed by atoms with Gasteiger partial charge in [0, 0.05) is 77.3 Å². The van der Waals surface area contributed by atoms with Gasteiger partial charge >= 0.3 is 5.69 Å². The molecular weight excluding hydrogens is 730 g/mol. The van der Waals surface area contributed by atoms with Gasteiger partial charge in [0.15, 0.2) is 0 Å². The molecule has 0 bridgehead atoms. The number of benzene rings is 3. The Kier molecular flexibility index (Phi) is 11.2. The van der Waals surface area contributed by atoms with Gasteiger partial charge in [-0.1, -0.05) is 18.2 Å². The lowest BCUT2D eigenvalue weighted by atomic mass is 9.87. The van der Waals surface area contributed by atoms with Crippen LogP contribution in [0.3, 0.4) is 0 Å². The molecule has 0 aliphatic carbocycles. The summed E-state index contributed by atoms with van der Waals surface area (Å²) in [4.78, 5) is 69.4. The lowest BCUT2D eigenvalue weighted by Gasteiger charge is -2.34. The standard InChI is InChI=1S/C36H37FN6O5.C7H13NO/c1-40(2)35(46)27-19-25-23(8-9-26(37)33(25)38-27)24-7-5-21(17-31(24)48-4)20-13-15-42(16-14-20)22-6-10-28-30(18-22)41(3)36(47)43(28)29-11-12-32(44)39-34(29)45;1-7(9)8-5-3-2-4-6-8/h5-10,17-20,29,38H,11-16H2,1-4H3,(H,39,44,45);2-6H2,1H3. The van der Waals surface area contributed by atoms with E-state index in [1.165, 1.54) is 34.8 Å². The maximum atomic E-state index is 14.8. The van der Waals surface area contributed by atoms with Crippen molar-refractivity contribution >= 4 is 51.3 Å². The van der Waals surface area contributed by atoms with Gasteiger partial charge in [0.25, 0.3) is 5.91 Å². The van der Waals surface area contributed by atoms with Crippen LogP contribution in [0.2, 0.25) is 0 Å². The van der Waals surface area contributed by atoms with Gasteiger partial charge in [-0.05, 0) is 92.0 Å². The number of fused-ring (bicyclic) bond motifs is 2. The minimum absolute atomic E-state index is 0.198. The van der Waals surface area contributed by atoms with Crippen molar-refractivity contribution in [2.45, 2.75) is 63.8 Å². The van der Waals surface area contributed by atoms with Gasteiger partial charge < -0.3 is 24.4 Å². The lowest BCUT2D eigenvalue weighted by molar-refractivity contribution is -0.135. The Morgan fingerprint density at radius 2 is 1.58 bits per heavy atom. The number of imide groups is 1. The molecule has 14 heteroatoms. The van der Waals surface area contributed by atoms with E-state index in [1.54, 1.807) is 51.9 Å². The Morgan fingerprint density at radius 1 is 0.860 bits per heavy atom. The van der Waals surface area contributed by atoms with Crippen molar-refractivity contribution in [1.29, 1.82) is 0 Å². The fraction of sp³-hybridized carbons (Fsp3) is 0.419. The number of aryl methyl sites for hydroxylation is 1. The van der Waals surface area contributed by atoms with Crippen LogP contribution in [-0.4, -0.2) is 94.9 Å². The molecule has 3 aliphatic heterocycles. The van der Waals surface area contributed by atoms with Crippen LogP contribution in [0.1, 0.15) is 79.9 Å². The highest BCUT2D eigenvalue weighted by Crippen LogP contribution is 2.40. The van der Waals surface area contributed by atoms with Crippen LogP contribution in [0.5, 0.6) is 5.75 Å². The zero-order chi connectivity index (χ0) is 40.5. The second-order valence-corrected chi connectivity index (χ2v) is 15.4. The number of aromatic nitrogens is 3. The summed E-state index contributed by atoms with van der Waals surface area (Å²) in [5.41, 5.74) is 5.47. The van der Waals surface area contributed by atoms with E-state index in [-0.39, 0.29) is 35.3 Å². The highest BCUT2D eigenvalue weighted by molar-refractivity contribution is 6.04. The number of halogens is 1. The summed E-state index contributed by atoms with van der Waals surface area (Å²) in [7, 11) is 6.64. The molecule has 2 aromatic heterocycles. The first-order valence-corrected chi connectivity index (χ1v) is 19.6. The molecule has 3 aliphatic rings. The van der Waals surface area contributed by atoms with Gasteiger partial charge in [0.1, 0.15) is 23.3 Å². The van der Waals surface area contributed by atoms with Gasteiger partial charge in [0.2, 0.25) is 17.7 Å². The third kappa shape index (κ3) is 7.77. The Hall–Kier alpha value is -5.92. The van der Waals surface area contributed by atoms with Crippen molar-refractivity contribution in [3.63, 3.8) is 0 Å². The molecule has 0 spiro atoms. The van der Waals surface area contributed by atoms with E-state index in [2.05, 4.69) is 27.3 Å². The topological polar surface area (TPSA) is 142 Å². The number of H-pyrrole nitrogens is 1. The molecular formula is C43H50FN7O6. The third-order valence-electron chi connectivity index (χ3n) is 11.6. The monoisotopic (exact) mass is 779 g/mol. The molecule has 5 heterocycles. The number of aromatic amines is 1. The van der Waals surface area contributed by atoms with Crippen molar-refractivity contribution in [1.82, 2.24) is 29.2 Å². The van der Waals surface area contributed by atoms with Crippen molar-refractivity contribution < 1.29 is 28.3 Å². The van der Waals surface area contributed by atoms with E-state index in [0.717, 1.165) is 66.9 Å². The van der Waals surface area contributed by atoms with Crippen molar-refractivity contribution in [2.24, 2.45) is 7.05 Å². The van der Waals surface area contributed by atoms with Gasteiger partial charge in [-0.25, -0.2) is 9.18 Å². The molecule has 1 atom stereocenters. The smallest absolute Gasteiger partial charge is 0.329 e. The number of anilines is 1. The summed E-state index contributed by atoms with van der Waals surface area (Å²) in [5, 5.41) is 2.97. The summed E-state index contributed by atoms with van der Waals surface area (Å²) < 4.78 is 23.7. The molecule has 4 amide bonds. The Morgan fingerprint density at radius 3 is 2.23 bits per heavy atom. The first-order chi connectivity index (χ1) is 27.4. The summed E-state index contributed by atoms with van der Waals surface area (Å²) in [6.07, 6.45) is 5.99. The number of nitrogens with one attached hydrogen (secondary N) is 2. The minimum Gasteiger partial charge on any atom is -0.496 e. The Balaban J connectivity index is 0.000000487. The fourth-order valence-electron chi connectivity index (χ4n) is 8.42. The van der Waals surface area contributed by atoms with E-state index in [9.17, 15) is 28.4 Å². The van der Waals surface area contributed by atoms with Crippen LogP contribution in [0, 0.1) is 5.82 Å². The molecule has 2 N–H and O–H groups in total. The maximum absolute atomic E-state index is 14.8. The molecule has 8 rings (SSSR count). The number of carbonyl (C=O) groups is 4. The largest absolute Gasteiger partial charge is 0.496 e. The van der Waals surface area contributed by atoms with Gasteiger partial charge in [0.05, 0.1) is 23.7 Å². The zero-order valence-corrected chi connectivity index (χ0v) is 33.2. The van der Waals surface area contributed by atoms with E-state index >= 15 is 0 Å². The van der Waals surface area contributed by atoms with Crippen molar-refractivity contribution in [2.75, 3.05) is 52.3 Å². The number of likely N-dealkylation sites (tertiary alicyclic amines) is 1. The van der Waals surface area contributed by atoms with Crippen LogP contribution >= 0.6 is 0 Å². The number of ether oxygens (including phenoxy) is 1. The van der Waals surface area contributed by atoms with E-state index in [1.807, 2.05) is 29.2 Å². The molecule has 300 valence electrons. The molecule has 13 nitrogen and oxygen atoms in total. The first kappa shape index (κ1) is 39.3. The number of carbonyl (C=O) groups excluding carboxylic acids is 4. The molecule has 5 aromatic rings. The number of amides is 4. The van der Waals surface area contributed by atoms with Crippen LogP contribution < -0.4 is 20.6 Å². The molecule has 1 unspecified atom stereocenters. The summed E-state index contributed by atoms with van der Waals surface area (Å²) in [6, 6.07) is 16.1. The van der Waals surface area contributed by atoms with E-state index in [0.29, 0.717) is 34.7 Å². The number of methoxy groups -OCH3 is 1. The number of hydrogen-bond acceptors (Lipinski definition) is 7. The van der Waals surface area contributed by atoms with Crippen LogP contribution in [-0.2, 0) is 21.4 Å². The Labute approximate surface area is 330 Å². The summed E-state index contributed by atoms with van der Waals surface area (Å²) in [5.74, 6) is -0.217. The normalized spacial score (nSPS) is 17.7. The second-order valence-electron chi connectivity index (χ2n) is 15.4. The fourth-order valence-corrected chi connectivity index (χ4v) is 8.42. The predicted octanol–water partition coefficient (Wildman–Crippen LogP) is 5.72. The number of nitrogens with zero attached hydrogens (tertiary/aromatic N) is 5. The van der Waals surface area contributed by atoms with E-state index in [4.69, 9.17) is 4.74 Å². The molecule has 0 radical (unpaired) electrons. The highest BCUT2D eigenvalue weighted by atomic mass is 19.1. The molecule has 3 fully saturated rings. The minimum atomic E-state index is -0.717. The lowest BCUT2D eigenvalue weighted by Crippen LogP contribution is -2.44. The molecule has 57 heavy (non-hydrogen) atoms. The third-order valence-corrected chi connectivity index (χ3v) is 11.6. The van der Waals surface area contributed by atoms with Crippen LogP contribution in [0.15, 0.2) is 59.4 Å². The Bertz CT molecular complexity index is 2420. The second kappa shape index (κ2) is 16.3. The quantitative estimate of drug-likeness (QED) is 0.210. The summed E-state index contributed by atoms with van der Waals surface area (Å²) in [6.45, 7) is 5.23. The number of hydrogen-bond donors (Lipinski definition) is 2. The van der Waals surface area contributed by atoms with Crippen molar-refractivity contribution in [3.8, 4) is 16.9 Å². The van der Waals surface area contributed by atoms with Gasteiger partial charge in [-0.15, -0.1) is 0 Å². The molecule has 3 saturated heterocycles. The van der Waals surface area contributed by atoms with Crippen LogP contribution in [0.4, 0.5) is 10.1 Å². The number of rotatable bonds is 6. The predicted molar refractivity (Wildman–Crippen MR) is 217 cm³/mol. The number of piperidine rings is 3. The molecule has 0 saturated carbocycles. The highest BCUT2D eigenvalue weighted by Gasteiger charge is 2.32. The average molecular weight is 780 g/mol. The average Bonchev–Trinajstić information content (AvgIpc) is 3.78. The summed E-state index contributed by atoms with van der Waals surface area (Å²) >= 11 is 0. The molecule has 3 aromatic carbocycles. The first-order valence-electron chi connectivity index (χ1n) is 19.6. The SMILES string of the molecule is CC(=O)N1CCCCC1.COc1cc(C2CCN(c3ccc4c(c3)n(C)c(=O)n4C3CCC(=O)NC3=O)CC2)ccc1-c1ccc(F)c2[nH]c(C(=O)N(C)C)cc12.